The van der Waals surface area contributed by atoms with Crippen LogP contribution in [0.15, 0.2) is 0 Å². The van der Waals surface area contributed by atoms with Gasteiger partial charge in [0, 0.05) is 42.0 Å². The normalized spacial score (nSPS) is 20.7. The smallest absolute Gasteiger partial charge is 0.0693 e. The lowest BCUT2D eigenvalue weighted by molar-refractivity contribution is 0.0890. The summed E-state index contributed by atoms with van der Waals surface area (Å²) in [7, 11) is 0.953. The SMILES string of the molecule is COC(C)C(C)NCC(C)S(C)=O. The molecular formula is C9H21NO2S. The first-order valence-corrected chi connectivity index (χ1v) is 6.19. The molecule has 0 radical (unpaired) electrons. The van der Waals surface area contributed by atoms with Crippen LogP contribution in [-0.4, -0.2) is 41.5 Å². The second kappa shape index (κ2) is 6.51. The fraction of sp³-hybridized carbons (Fsp3) is 1.00. The Morgan fingerprint density at radius 1 is 1.38 bits per heavy atom. The maximum absolute atomic E-state index is 11.0. The van der Waals surface area contributed by atoms with Crippen LogP contribution in [0.4, 0.5) is 0 Å². The maximum Gasteiger partial charge on any atom is 0.0693 e. The summed E-state index contributed by atoms with van der Waals surface area (Å²) in [5.74, 6) is 0. The molecule has 0 bridgehead atoms. The van der Waals surface area contributed by atoms with E-state index in [4.69, 9.17) is 4.74 Å². The second-order valence-electron chi connectivity index (χ2n) is 3.45. The highest BCUT2D eigenvalue weighted by molar-refractivity contribution is 7.84. The number of hydrogen-bond acceptors (Lipinski definition) is 3. The van der Waals surface area contributed by atoms with Gasteiger partial charge in [-0.3, -0.25) is 4.21 Å². The Balaban J connectivity index is 3.69. The van der Waals surface area contributed by atoms with Gasteiger partial charge < -0.3 is 10.1 Å². The van der Waals surface area contributed by atoms with E-state index < -0.39 is 10.8 Å². The Hall–Kier alpha value is 0.0700. The van der Waals surface area contributed by atoms with Gasteiger partial charge in [-0.05, 0) is 20.8 Å². The molecule has 0 fully saturated rings. The van der Waals surface area contributed by atoms with E-state index in [2.05, 4.69) is 12.2 Å². The van der Waals surface area contributed by atoms with Gasteiger partial charge in [0.15, 0.2) is 0 Å². The molecule has 0 aliphatic heterocycles. The lowest BCUT2D eigenvalue weighted by Crippen LogP contribution is -2.40. The molecule has 0 aromatic carbocycles. The standard InChI is InChI=1S/C9H21NO2S/c1-7(13(5)11)6-10-8(2)9(3)12-4/h7-10H,6H2,1-5H3. The first-order chi connectivity index (χ1) is 5.99. The third kappa shape index (κ3) is 5.39. The van der Waals surface area contributed by atoms with Gasteiger partial charge in [-0.15, -0.1) is 0 Å². The van der Waals surface area contributed by atoms with Gasteiger partial charge in [-0.1, -0.05) is 0 Å². The van der Waals surface area contributed by atoms with E-state index in [1.54, 1.807) is 13.4 Å². The summed E-state index contributed by atoms with van der Waals surface area (Å²) in [6, 6.07) is 0.302. The Morgan fingerprint density at radius 2 is 1.92 bits per heavy atom. The summed E-state index contributed by atoms with van der Waals surface area (Å²) in [4.78, 5) is 0. The molecule has 0 rings (SSSR count). The molecule has 3 nitrogen and oxygen atoms in total. The Morgan fingerprint density at radius 3 is 2.31 bits per heavy atom. The summed E-state index contributed by atoms with van der Waals surface area (Å²) < 4.78 is 16.2. The lowest BCUT2D eigenvalue weighted by Gasteiger charge is -2.21. The van der Waals surface area contributed by atoms with Crippen LogP contribution in [0.1, 0.15) is 20.8 Å². The van der Waals surface area contributed by atoms with Crippen LogP contribution in [0.25, 0.3) is 0 Å². The molecule has 4 atom stereocenters. The average Bonchev–Trinajstić information content (AvgIpc) is 2.11. The lowest BCUT2D eigenvalue weighted by atomic mass is 10.2. The van der Waals surface area contributed by atoms with Gasteiger partial charge in [-0.2, -0.15) is 0 Å². The number of hydrogen-bond donors (Lipinski definition) is 1. The van der Waals surface area contributed by atoms with Crippen molar-refractivity contribution in [1.29, 1.82) is 0 Å². The average molecular weight is 207 g/mol. The van der Waals surface area contributed by atoms with Crippen molar-refractivity contribution in [3.05, 3.63) is 0 Å². The number of nitrogens with one attached hydrogen (secondary N) is 1. The van der Waals surface area contributed by atoms with Crippen LogP contribution in [-0.2, 0) is 15.5 Å². The summed E-state index contributed by atoms with van der Waals surface area (Å²) in [5, 5.41) is 3.50. The molecule has 4 unspecified atom stereocenters. The van der Waals surface area contributed by atoms with E-state index in [-0.39, 0.29) is 11.4 Å². The minimum Gasteiger partial charge on any atom is -0.380 e. The Labute approximate surface area is 83.7 Å². The predicted octanol–water partition coefficient (Wildman–Crippen LogP) is 0.766. The fourth-order valence-electron chi connectivity index (χ4n) is 0.839. The van der Waals surface area contributed by atoms with Gasteiger partial charge in [0.1, 0.15) is 0 Å². The summed E-state index contributed by atoms with van der Waals surface area (Å²) in [5.41, 5.74) is 0. The summed E-state index contributed by atoms with van der Waals surface area (Å²) in [6.07, 6.45) is 1.93. The highest BCUT2D eigenvalue weighted by Gasteiger charge is 2.12. The maximum atomic E-state index is 11.0. The van der Waals surface area contributed by atoms with Crippen molar-refractivity contribution < 1.29 is 8.95 Å². The zero-order chi connectivity index (χ0) is 10.4. The minimum atomic E-state index is -0.745. The summed E-state index contributed by atoms with van der Waals surface area (Å²) >= 11 is 0. The number of rotatable bonds is 6. The molecule has 0 spiro atoms. The molecule has 0 saturated carbocycles. The molecule has 0 aliphatic rings. The van der Waals surface area contributed by atoms with Gasteiger partial charge >= 0.3 is 0 Å². The van der Waals surface area contributed by atoms with Gasteiger partial charge in [0.2, 0.25) is 0 Å². The highest BCUT2D eigenvalue weighted by atomic mass is 32.2. The van der Waals surface area contributed by atoms with E-state index in [0.29, 0.717) is 6.04 Å². The van der Waals surface area contributed by atoms with Crippen molar-refractivity contribution in [3.8, 4) is 0 Å². The molecule has 4 heteroatoms. The van der Waals surface area contributed by atoms with Crippen molar-refractivity contribution >= 4 is 10.8 Å². The van der Waals surface area contributed by atoms with Gasteiger partial charge in [-0.25, -0.2) is 0 Å². The first kappa shape index (κ1) is 13.1. The minimum absolute atomic E-state index is 0.192. The van der Waals surface area contributed by atoms with Crippen LogP contribution in [0.3, 0.4) is 0 Å². The van der Waals surface area contributed by atoms with Crippen LogP contribution >= 0.6 is 0 Å². The highest BCUT2D eigenvalue weighted by Crippen LogP contribution is 1.97. The molecule has 0 heterocycles. The van der Waals surface area contributed by atoms with Crippen LogP contribution in [0.5, 0.6) is 0 Å². The molecule has 0 amide bonds. The molecule has 80 valence electrons. The van der Waals surface area contributed by atoms with E-state index in [1.165, 1.54) is 0 Å². The van der Waals surface area contributed by atoms with Crippen molar-refractivity contribution in [2.75, 3.05) is 19.9 Å². The third-order valence-corrected chi connectivity index (χ3v) is 3.67. The molecule has 0 saturated heterocycles. The van der Waals surface area contributed by atoms with Crippen LogP contribution < -0.4 is 5.32 Å². The summed E-state index contributed by atoms with van der Waals surface area (Å²) in [6.45, 7) is 6.84. The third-order valence-electron chi connectivity index (χ3n) is 2.37. The van der Waals surface area contributed by atoms with Crippen molar-refractivity contribution in [1.82, 2.24) is 5.32 Å². The Bertz CT molecular complexity index is 164. The fourth-order valence-corrected chi connectivity index (χ4v) is 1.17. The largest absolute Gasteiger partial charge is 0.380 e. The Kier molecular flexibility index (Phi) is 6.55. The van der Waals surface area contributed by atoms with Crippen LogP contribution in [0.2, 0.25) is 0 Å². The van der Waals surface area contributed by atoms with Crippen LogP contribution in [0, 0.1) is 0 Å². The monoisotopic (exact) mass is 207 g/mol. The zero-order valence-electron chi connectivity index (χ0n) is 9.16. The van der Waals surface area contributed by atoms with Gasteiger partial charge in [0.25, 0.3) is 0 Å². The number of ether oxygens (including phenoxy) is 1. The first-order valence-electron chi connectivity index (χ1n) is 4.57. The molecule has 0 aliphatic carbocycles. The predicted molar refractivity (Wildman–Crippen MR) is 57.5 cm³/mol. The molecule has 13 heavy (non-hydrogen) atoms. The zero-order valence-corrected chi connectivity index (χ0v) is 9.98. The van der Waals surface area contributed by atoms with Crippen molar-refractivity contribution in [3.63, 3.8) is 0 Å². The van der Waals surface area contributed by atoms with E-state index in [0.717, 1.165) is 6.54 Å². The van der Waals surface area contributed by atoms with Crippen molar-refractivity contribution in [2.24, 2.45) is 0 Å². The quantitative estimate of drug-likeness (QED) is 0.699. The second-order valence-corrected chi connectivity index (χ2v) is 5.25. The van der Waals surface area contributed by atoms with Gasteiger partial charge in [0.05, 0.1) is 6.10 Å². The number of methoxy groups -OCH3 is 1. The van der Waals surface area contributed by atoms with E-state index in [9.17, 15) is 4.21 Å². The molecule has 1 N–H and O–H groups in total. The molecule has 0 aromatic rings. The van der Waals surface area contributed by atoms with Crippen molar-refractivity contribution in [2.45, 2.75) is 38.2 Å². The molecular weight excluding hydrogens is 186 g/mol. The molecule has 0 aromatic heterocycles. The topological polar surface area (TPSA) is 38.3 Å². The van der Waals surface area contributed by atoms with E-state index >= 15 is 0 Å². The van der Waals surface area contributed by atoms with E-state index in [1.807, 2.05) is 13.8 Å².